The number of nitrogen functional groups attached to an aromatic ring is 1. The Bertz CT molecular complexity index is 783. The summed E-state index contributed by atoms with van der Waals surface area (Å²) in [6, 6.07) is 13.2. The second kappa shape index (κ2) is 5.38. The van der Waals surface area contributed by atoms with Crippen LogP contribution in [0.15, 0.2) is 59.9 Å². The first-order valence-electron chi connectivity index (χ1n) is 6.17. The van der Waals surface area contributed by atoms with E-state index in [0.717, 1.165) is 16.5 Å². The van der Waals surface area contributed by atoms with Gasteiger partial charge in [-0.05, 0) is 23.8 Å². The average Bonchev–Trinajstić information content (AvgIpc) is 2.48. The van der Waals surface area contributed by atoms with Gasteiger partial charge in [0.25, 0.3) is 0 Å². The third kappa shape index (κ3) is 2.40. The first-order valence-corrected chi connectivity index (χ1v) is 7.49. The Morgan fingerprint density at radius 3 is 2.60 bits per heavy atom. The number of aromatic nitrogens is 2. The third-order valence-electron chi connectivity index (χ3n) is 3.02. The summed E-state index contributed by atoms with van der Waals surface area (Å²) in [5.74, 6) is 0.357. The number of rotatable bonds is 3. The van der Waals surface area contributed by atoms with Crippen LogP contribution in [0.2, 0.25) is 0 Å². The maximum Gasteiger partial charge on any atom is 0.150 e. The molecule has 0 amide bonds. The molecule has 1 aromatic carbocycles. The molecule has 0 aliphatic heterocycles. The highest BCUT2D eigenvalue weighted by atomic mass is 32.2. The molecule has 0 bridgehead atoms. The van der Waals surface area contributed by atoms with E-state index >= 15 is 0 Å². The molecule has 5 heteroatoms. The summed E-state index contributed by atoms with van der Waals surface area (Å²) in [6.45, 7) is 0. The van der Waals surface area contributed by atoms with E-state index in [4.69, 9.17) is 5.73 Å². The Morgan fingerprint density at radius 2 is 1.75 bits per heavy atom. The van der Waals surface area contributed by atoms with E-state index in [1.54, 1.807) is 24.5 Å². The van der Waals surface area contributed by atoms with Gasteiger partial charge in [0, 0.05) is 17.8 Å². The Hall–Kier alpha value is -2.27. The predicted molar refractivity (Wildman–Crippen MR) is 80.5 cm³/mol. The van der Waals surface area contributed by atoms with Crippen LogP contribution >= 0.6 is 0 Å². The van der Waals surface area contributed by atoms with Gasteiger partial charge < -0.3 is 5.73 Å². The molecular weight excluding hydrogens is 270 g/mol. The molecule has 0 aliphatic carbocycles. The lowest BCUT2D eigenvalue weighted by Gasteiger charge is -2.07. The van der Waals surface area contributed by atoms with Gasteiger partial charge in [0.2, 0.25) is 0 Å². The molecule has 0 spiro atoms. The van der Waals surface area contributed by atoms with Gasteiger partial charge in [0.05, 0.1) is 27.8 Å². The minimum absolute atomic E-state index is 0.357. The van der Waals surface area contributed by atoms with Gasteiger partial charge >= 0.3 is 0 Å². The summed E-state index contributed by atoms with van der Waals surface area (Å²) in [5.41, 5.74) is 8.08. The first-order chi connectivity index (χ1) is 9.75. The number of nitrogens with zero attached hydrogens (tertiary/aromatic N) is 2. The number of para-hydroxylation sites is 1. The lowest BCUT2D eigenvalue weighted by molar-refractivity contribution is 0.680. The van der Waals surface area contributed by atoms with Crippen LogP contribution < -0.4 is 5.73 Å². The number of nitrogens with two attached hydrogens (primary N) is 1. The Labute approximate surface area is 119 Å². The number of pyridine rings is 2. The van der Waals surface area contributed by atoms with Crippen LogP contribution in [-0.2, 0) is 16.6 Å². The summed E-state index contributed by atoms with van der Waals surface area (Å²) in [4.78, 5) is 8.47. The van der Waals surface area contributed by atoms with Crippen molar-refractivity contribution in [1.29, 1.82) is 0 Å². The minimum Gasteiger partial charge on any atom is -0.396 e. The van der Waals surface area contributed by atoms with Crippen LogP contribution in [0.5, 0.6) is 0 Å². The van der Waals surface area contributed by atoms with Crippen molar-refractivity contribution in [3.8, 4) is 0 Å². The van der Waals surface area contributed by atoms with Crippen LogP contribution in [0.1, 0.15) is 5.56 Å². The maximum absolute atomic E-state index is 12.4. The number of benzene rings is 1. The monoisotopic (exact) mass is 283 g/mol. The van der Waals surface area contributed by atoms with Crippen molar-refractivity contribution in [2.45, 2.75) is 10.8 Å². The minimum atomic E-state index is -1.28. The number of hydrogen-bond donors (Lipinski definition) is 1. The molecule has 20 heavy (non-hydrogen) atoms. The highest BCUT2D eigenvalue weighted by molar-refractivity contribution is 7.84. The van der Waals surface area contributed by atoms with Crippen molar-refractivity contribution in [1.82, 2.24) is 9.97 Å². The second-order valence-electron chi connectivity index (χ2n) is 4.38. The summed E-state index contributed by atoms with van der Waals surface area (Å²) in [7, 11) is -1.28. The molecule has 2 aromatic heterocycles. The number of anilines is 1. The molecular formula is C15H13N3OS. The Morgan fingerprint density at radius 1 is 1.00 bits per heavy atom. The van der Waals surface area contributed by atoms with Crippen LogP contribution in [0, 0.1) is 0 Å². The zero-order chi connectivity index (χ0) is 13.9. The van der Waals surface area contributed by atoms with Crippen molar-refractivity contribution < 1.29 is 4.21 Å². The molecule has 1 unspecified atom stereocenters. The summed E-state index contributed by atoms with van der Waals surface area (Å²) >= 11 is 0. The standard InChI is InChI=1S/C15H13N3OS/c16-13-7-3-9-18-15(13)20(19)10-12-5-1-4-11-6-2-8-17-14(11)12/h1-9H,10,16H2. The lowest BCUT2D eigenvalue weighted by atomic mass is 10.1. The second-order valence-corrected chi connectivity index (χ2v) is 5.75. The quantitative estimate of drug-likeness (QED) is 0.802. The van der Waals surface area contributed by atoms with Crippen LogP contribution in [-0.4, -0.2) is 14.2 Å². The Balaban J connectivity index is 1.98. The highest BCUT2D eigenvalue weighted by Crippen LogP contribution is 2.21. The van der Waals surface area contributed by atoms with Crippen molar-refractivity contribution in [2.24, 2.45) is 0 Å². The van der Waals surface area contributed by atoms with E-state index in [0.29, 0.717) is 16.5 Å². The van der Waals surface area contributed by atoms with E-state index in [1.807, 2.05) is 30.3 Å². The van der Waals surface area contributed by atoms with Crippen LogP contribution in [0.25, 0.3) is 10.9 Å². The van der Waals surface area contributed by atoms with Crippen LogP contribution in [0.3, 0.4) is 0 Å². The van der Waals surface area contributed by atoms with Gasteiger partial charge in [0.15, 0.2) is 0 Å². The highest BCUT2D eigenvalue weighted by Gasteiger charge is 2.12. The smallest absolute Gasteiger partial charge is 0.150 e. The van der Waals surface area contributed by atoms with Crippen LogP contribution in [0.4, 0.5) is 5.69 Å². The lowest BCUT2D eigenvalue weighted by Crippen LogP contribution is -2.03. The fraction of sp³-hybridized carbons (Fsp3) is 0.0667. The first kappa shape index (κ1) is 12.7. The largest absolute Gasteiger partial charge is 0.396 e. The SMILES string of the molecule is Nc1cccnc1S(=O)Cc1cccc2cccnc12. The van der Waals surface area contributed by atoms with Crippen molar-refractivity contribution in [2.75, 3.05) is 5.73 Å². The van der Waals surface area contributed by atoms with E-state index in [1.165, 1.54) is 0 Å². The summed E-state index contributed by atoms with van der Waals surface area (Å²) < 4.78 is 12.4. The molecule has 0 saturated heterocycles. The molecule has 2 heterocycles. The molecule has 100 valence electrons. The molecule has 0 aliphatic rings. The fourth-order valence-electron chi connectivity index (χ4n) is 2.09. The zero-order valence-corrected chi connectivity index (χ0v) is 11.5. The Kier molecular flexibility index (Phi) is 3.43. The zero-order valence-electron chi connectivity index (χ0n) is 10.7. The van der Waals surface area contributed by atoms with Gasteiger partial charge in [-0.3, -0.25) is 9.19 Å². The molecule has 3 rings (SSSR count). The van der Waals surface area contributed by atoms with Crippen molar-refractivity contribution >= 4 is 27.4 Å². The number of hydrogen-bond acceptors (Lipinski definition) is 4. The predicted octanol–water partition coefficient (Wildman–Crippen LogP) is 2.52. The maximum atomic E-state index is 12.4. The summed E-state index contributed by atoms with van der Waals surface area (Å²) in [6.07, 6.45) is 3.34. The molecule has 0 saturated carbocycles. The molecule has 4 nitrogen and oxygen atoms in total. The fourth-order valence-corrected chi connectivity index (χ4v) is 3.25. The van der Waals surface area contributed by atoms with Crippen molar-refractivity contribution in [3.05, 3.63) is 60.4 Å². The van der Waals surface area contributed by atoms with E-state index in [-0.39, 0.29) is 0 Å². The van der Waals surface area contributed by atoms with E-state index in [2.05, 4.69) is 9.97 Å². The summed E-state index contributed by atoms with van der Waals surface area (Å²) in [5, 5.41) is 1.47. The average molecular weight is 283 g/mol. The number of fused-ring (bicyclic) bond motifs is 1. The molecule has 1 atom stereocenters. The van der Waals surface area contributed by atoms with Gasteiger partial charge in [-0.2, -0.15) is 0 Å². The topological polar surface area (TPSA) is 68.9 Å². The van der Waals surface area contributed by atoms with Gasteiger partial charge in [0.1, 0.15) is 5.03 Å². The van der Waals surface area contributed by atoms with Gasteiger partial charge in [-0.1, -0.05) is 24.3 Å². The molecule has 0 radical (unpaired) electrons. The molecule has 3 aromatic rings. The normalized spacial score (nSPS) is 12.4. The van der Waals surface area contributed by atoms with E-state index < -0.39 is 10.8 Å². The third-order valence-corrected chi connectivity index (χ3v) is 4.36. The van der Waals surface area contributed by atoms with E-state index in [9.17, 15) is 4.21 Å². The molecule has 2 N–H and O–H groups in total. The molecule has 0 fully saturated rings. The van der Waals surface area contributed by atoms with Gasteiger partial charge in [-0.25, -0.2) is 4.98 Å². The van der Waals surface area contributed by atoms with Crippen molar-refractivity contribution in [3.63, 3.8) is 0 Å². The van der Waals surface area contributed by atoms with Gasteiger partial charge in [-0.15, -0.1) is 0 Å².